The van der Waals surface area contributed by atoms with Crippen LogP contribution in [0.1, 0.15) is 24.1 Å². The lowest BCUT2D eigenvalue weighted by atomic mass is 9.88. The second-order valence-corrected chi connectivity index (χ2v) is 5.23. The van der Waals surface area contributed by atoms with Crippen LogP contribution in [-0.4, -0.2) is 31.5 Å². The van der Waals surface area contributed by atoms with Crippen molar-refractivity contribution in [3.63, 3.8) is 0 Å². The van der Waals surface area contributed by atoms with Crippen LogP contribution in [0.25, 0.3) is 5.82 Å². The van der Waals surface area contributed by atoms with Crippen LogP contribution < -0.4 is 5.32 Å². The maximum Gasteiger partial charge on any atom is 0.252 e. The zero-order chi connectivity index (χ0) is 14.3. The molecule has 7 heteroatoms. The van der Waals surface area contributed by atoms with Gasteiger partial charge in [0.05, 0.1) is 5.69 Å². The number of nitrogens with one attached hydrogen (secondary N) is 1. The molecule has 0 aliphatic heterocycles. The third kappa shape index (κ3) is 2.48. The van der Waals surface area contributed by atoms with Crippen molar-refractivity contribution in [1.82, 2.24) is 19.5 Å². The molecule has 2 aromatic heterocycles. The smallest absolute Gasteiger partial charge is 0.252 e. The van der Waals surface area contributed by atoms with Gasteiger partial charge in [-0.2, -0.15) is 4.98 Å². The van der Waals surface area contributed by atoms with Crippen molar-refractivity contribution < 1.29 is 8.78 Å². The topological polar surface area (TPSA) is 55.6 Å². The summed E-state index contributed by atoms with van der Waals surface area (Å²) in [6.07, 6.45) is 4.88. The Bertz CT molecular complexity index is 629. The minimum Gasteiger partial charge on any atom is -0.351 e. The number of hydrogen-bond acceptors (Lipinski definition) is 4. The first-order valence-electron chi connectivity index (χ1n) is 6.42. The van der Waals surface area contributed by atoms with Crippen LogP contribution in [0.15, 0.2) is 18.7 Å². The Morgan fingerprint density at radius 2 is 2.05 bits per heavy atom. The molecule has 3 rings (SSSR count). The van der Waals surface area contributed by atoms with Crippen molar-refractivity contribution in [2.45, 2.75) is 38.7 Å². The van der Waals surface area contributed by atoms with Crippen molar-refractivity contribution in [2.75, 3.05) is 5.32 Å². The highest BCUT2D eigenvalue weighted by molar-refractivity contribution is 5.39. The fraction of sp³-hybridized carbons (Fsp3) is 0.462. The van der Waals surface area contributed by atoms with Gasteiger partial charge in [-0.25, -0.2) is 18.7 Å². The van der Waals surface area contributed by atoms with Gasteiger partial charge in [-0.05, 0) is 13.8 Å². The van der Waals surface area contributed by atoms with E-state index in [9.17, 15) is 8.78 Å². The van der Waals surface area contributed by atoms with E-state index in [0.717, 1.165) is 11.3 Å². The van der Waals surface area contributed by atoms with E-state index in [2.05, 4.69) is 20.3 Å². The fourth-order valence-electron chi connectivity index (χ4n) is 2.25. The van der Waals surface area contributed by atoms with E-state index >= 15 is 0 Å². The van der Waals surface area contributed by atoms with Crippen LogP contribution in [0.2, 0.25) is 0 Å². The van der Waals surface area contributed by atoms with Gasteiger partial charge >= 0.3 is 0 Å². The Morgan fingerprint density at radius 3 is 2.65 bits per heavy atom. The highest BCUT2D eigenvalue weighted by atomic mass is 19.3. The normalized spacial score (nSPS) is 17.8. The Labute approximate surface area is 115 Å². The summed E-state index contributed by atoms with van der Waals surface area (Å²) in [5.41, 5.74) is 1.78. The van der Waals surface area contributed by atoms with Gasteiger partial charge in [-0.15, -0.1) is 0 Å². The van der Waals surface area contributed by atoms with E-state index in [0.29, 0.717) is 11.8 Å². The van der Waals surface area contributed by atoms with Gasteiger partial charge in [-0.1, -0.05) is 0 Å². The SMILES string of the molecule is Cc1cn(-c2nc(NC3CC(F)(F)C3)ncc2C)cn1. The zero-order valence-electron chi connectivity index (χ0n) is 11.3. The van der Waals surface area contributed by atoms with Gasteiger partial charge in [0.1, 0.15) is 12.1 Å². The molecule has 0 saturated heterocycles. The van der Waals surface area contributed by atoms with E-state index < -0.39 is 5.92 Å². The first-order chi connectivity index (χ1) is 9.43. The lowest BCUT2D eigenvalue weighted by molar-refractivity contribution is -0.0794. The molecule has 0 radical (unpaired) electrons. The standard InChI is InChI=1S/C13H15F2N5/c1-8-5-16-12(18-10-3-13(14,15)4-10)19-11(8)20-6-9(2)17-7-20/h5-7,10H,3-4H2,1-2H3,(H,16,18,19). The Balaban J connectivity index is 1.80. The summed E-state index contributed by atoms with van der Waals surface area (Å²) >= 11 is 0. The maximum atomic E-state index is 12.8. The number of imidazole rings is 1. The highest BCUT2D eigenvalue weighted by Crippen LogP contribution is 2.38. The molecule has 2 aromatic rings. The molecule has 20 heavy (non-hydrogen) atoms. The highest BCUT2D eigenvalue weighted by Gasteiger charge is 2.45. The van der Waals surface area contributed by atoms with Gasteiger partial charge in [0.25, 0.3) is 5.92 Å². The quantitative estimate of drug-likeness (QED) is 0.937. The van der Waals surface area contributed by atoms with E-state index in [1.165, 1.54) is 0 Å². The molecule has 0 atom stereocenters. The lowest BCUT2D eigenvalue weighted by Crippen LogP contribution is -2.44. The molecule has 1 fully saturated rings. The summed E-state index contributed by atoms with van der Waals surface area (Å²) in [7, 11) is 0. The summed E-state index contributed by atoms with van der Waals surface area (Å²) in [6.45, 7) is 3.79. The molecule has 1 aliphatic carbocycles. The molecular formula is C13H15F2N5. The minimum absolute atomic E-state index is 0.163. The van der Waals surface area contributed by atoms with Crippen LogP contribution in [0.4, 0.5) is 14.7 Å². The van der Waals surface area contributed by atoms with Crippen molar-refractivity contribution in [3.05, 3.63) is 30.0 Å². The molecule has 106 valence electrons. The minimum atomic E-state index is -2.55. The summed E-state index contributed by atoms with van der Waals surface area (Å²) in [5.74, 6) is -1.47. The number of hydrogen-bond donors (Lipinski definition) is 1. The Morgan fingerprint density at radius 1 is 1.30 bits per heavy atom. The van der Waals surface area contributed by atoms with Gasteiger partial charge in [0.2, 0.25) is 5.95 Å². The largest absolute Gasteiger partial charge is 0.351 e. The lowest BCUT2D eigenvalue weighted by Gasteiger charge is -2.35. The molecular weight excluding hydrogens is 264 g/mol. The van der Waals surface area contributed by atoms with Crippen molar-refractivity contribution in [1.29, 1.82) is 0 Å². The number of aryl methyl sites for hydroxylation is 2. The summed E-state index contributed by atoms with van der Waals surface area (Å²) in [4.78, 5) is 12.7. The van der Waals surface area contributed by atoms with E-state index in [4.69, 9.17) is 0 Å². The second-order valence-electron chi connectivity index (χ2n) is 5.23. The number of aromatic nitrogens is 4. The van der Waals surface area contributed by atoms with Gasteiger partial charge in [0, 0.05) is 36.8 Å². The van der Waals surface area contributed by atoms with Crippen molar-refractivity contribution >= 4 is 5.95 Å². The first-order valence-corrected chi connectivity index (χ1v) is 6.42. The summed E-state index contributed by atoms with van der Waals surface area (Å²) < 4.78 is 27.4. The average molecular weight is 279 g/mol. The van der Waals surface area contributed by atoms with Crippen LogP contribution >= 0.6 is 0 Å². The molecule has 1 N–H and O–H groups in total. The van der Waals surface area contributed by atoms with Crippen LogP contribution in [0.5, 0.6) is 0 Å². The summed E-state index contributed by atoms with van der Waals surface area (Å²) in [5, 5.41) is 2.94. The number of anilines is 1. The number of alkyl halides is 2. The van der Waals surface area contributed by atoms with E-state index in [1.54, 1.807) is 17.1 Å². The van der Waals surface area contributed by atoms with Gasteiger partial charge in [-0.3, -0.25) is 4.57 Å². The molecule has 0 amide bonds. The van der Waals surface area contributed by atoms with Crippen LogP contribution in [0, 0.1) is 13.8 Å². The summed E-state index contributed by atoms with van der Waals surface area (Å²) in [6, 6.07) is -0.259. The third-order valence-electron chi connectivity index (χ3n) is 3.32. The molecule has 1 saturated carbocycles. The predicted octanol–water partition coefficient (Wildman–Crippen LogP) is 2.49. The van der Waals surface area contributed by atoms with Crippen LogP contribution in [0.3, 0.4) is 0 Å². The Kier molecular flexibility index (Phi) is 2.92. The third-order valence-corrected chi connectivity index (χ3v) is 3.32. The van der Waals surface area contributed by atoms with Gasteiger partial charge in [0.15, 0.2) is 0 Å². The van der Waals surface area contributed by atoms with E-state index in [-0.39, 0.29) is 18.9 Å². The van der Waals surface area contributed by atoms with Crippen molar-refractivity contribution in [3.8, 4) is 5.82 Å². The second kappa shape index (κ2) is 4.50. The average Bonchev–Trinajstić information content (AvgIpc) is 2.76. The molecule has 0 aromatic carbocycles. The molecule has 2 heterocycles. The zero-order valence-corrected chi connectivity index (χ0v) is 11.3. The van der Waals surface area contributed by atoms with E-state index in [1.807, 2.05) is 20.0 Å². The molecule has 0 unspecified atom stereocenters. The van der Waals surface area contributed by atoms with Gasteiger partial charge < -0.3 is 5.32 Å². The maximum absolute atomic E-state index is 12.8. The molecule has 5 nitrogen and oxygen atoms in total. The molecule has 1 aliphatic rings. The predicted molar refractivity (Wildman–Crippen MR) is 70.2 cm³/mol. The molecule has 0 bridgehead atoms. The van der Waals surface area contributed by atoms with Crippen molar-refractivity contribution in [2.24, 2.45) is 0 Å². The van der Waals surface area contributed by atoms with Crippen LogP contribution in [-0.2, 0) is 0 Å². The molecule has 0 spiro atoms. The fourth-order valence-corrected chi connectivity index (χ4v) is 2.25. The number of rotatable bonds is 3. The Hall–Kier alpha value is -2.05. The monoisotopic (exact) mass is 279 g/mol. The first kappa shape index (κ1) is 13.0. The number of halogens is 2. The number of nitrogens with zero attached hydrogens (tertiary/aromatic N) is 4.